The summed E-state index contributed by atoms with van der Waals surface area (Å²) in [6.07, 6.45) is 2.65. The molecule has 1 unspecified atom stereocenters. The van der Waals surface area contributed by atoms with Gasteiger partial charge in [0.2, 0.25) is 0 Å². The van der Waals surface area contributed by atoms with Gasteiger partial charge in [-0.2, -0.15) is 0 Å². The second kappa shape index (κ2) is 8.39. The standard InChI is InChI=1S/C19H20N2O6S/c1-11-3-8-14-15(9-11)28-18(17(14)19(23)26-2)20-16(22)10-27-13-6-4-12(5-7-13)21(24)25/h4-7,11H,3,8-10H2,1-2H3,(H,20,22). The van der Waals surface area contributed by atoms with Gasteiger partial charge >= 0.3 is 5.97 Å². The van der Waals surface area contributed by atoms with Crippen LogP contribution in [0.5, 0.6) is 5.75 Å². The van der Waals surface area contributed by atoms with Gasteiger partial charge in [-0.15, -0.1) is 11.3 Å². The molecule has 1 N–H and O–H groups in total. The number of esters is 1. The number of hydrogen-bond acceptors (Lipinski definition) is 7. The summed E-state index contributed by atoms with van der Waals surface area (Å²) in [5.74, 6) is -0.00676. The number of nitrogens with zero attached hydrogens (tertiary/aromatic N) is 1. The van der Waals surface area contributed by atoms with Crippen LogP contribution in [0.1, 0.15) is 34.1 Å². The van der Waals surface area contributed by atoms with Crippen molar-refractivity contribution >= 4 is 33.9 Å². The summed E-state index contributed by atoms with van der Waals surface area (Å²) in [5.41, 5.74) is 1.33. The van der Waals surface area contributed by atoms with Gasteiger partial charge < -0.3 is 14.8 Å². The number of ether oxygens (including phenoxy) is 2. The SMILES string of the molecule is COC(=O)c1c(NC(=O)COc2ccc([N+](=O)[O-])cc2)sc2c1CCC(C)C2. The molecule has 8 nitrogen and oxygen atoms in total. The number of rotatable bonds is 6. The lowest BCUT2D eigenvalue weighted by Gasteiger charge is -2.18. The van der Waals surface area contributed by atoms with E-state index in [9.17, 15) is 19.7 Å². The number of amides is 1. The fourth-order valence-corrected chi connectivity index (χ4v) is 4.55. The van der Waals surface area contributed by atoms with Crippen molar-refractivity contribution in [3.63, 3.8) is 0 Å². The topological polar surface area (TPSA) is 108 Å². The molecule has 0 saturated heterocycles. The summed E-state index contributed by atoms with van der Waals surface area (Å²) >= 11 is 1.40. The highest BCUT2D eigenvalue weighted by Gasteiger charge is 2.28. The number of nitro benzene ring substituents is 1. The molecule has 1 aliphatic rings. The van der Waals surface area contributed by atoms with Crippen LogP contribution in [0.25, 0.3) is 0 Å². The van der Waals surface area contributed by atoms with Crippen LogP contribution in [-0.2, 0) is 22.4 Å². The number of carbonyl (C=O) groups excluding carboxylic acids is 2. The number of non-ortho nitro benzene ring substituents is 1. The first-order valence-electron chi connectivity index (χ1n) is 8.79. The van der Waals surface area contributed by atoms with Gasteiger partial charge in [-0.1, -0.05) is 6.92 Å². The predicted octanol–water partition coefficient (Wildman–Crippen LogP) is 3.59. The molecule has 1 atom stereocenters. The number of thiophene rings is 1. The maximum Gasteiger partial charge on any atom is 0.341 e. The van der Waals surface area contributed by atoms with Crippen molar-refractivity contribution in [1.82, 2.24) is 0 Å². The Kier molecular flexibility index (Phi) is 5.93. The van der Waals surface area contributed by atoms with E-state index >= 15 is 0 Å². The van der Waals surface area contributed by atoms with E-state index in [1.54, 1.807) is 0 Å². The summed E-state index contributed by atoms with van der Waals surface area (Å²) in [4.78, 5) is 35.8. The Bertz CT molecular complexity index is 906. The minimum absolute atomic E-state index is 0.0575. The molecule has 0 bridgehead atoms. The number of benzene rings is 1. The van der Waals surface area contributed by atoms with Crippen molar-refractivity contribution < 1.29 is 24.0 Å². The van der Waals surface area contributed by atoms with E-state index in [0.717, 1.165) is 29.7 Å². The zero-order valence-corrected chi connectivity index (χ0v) is 16.3. The molecule has 0 radical (unpaired) electrons. The van der Waals surface area contributed by atoms with E-state index in [4.69, 9.17) is 9.47 Å². The number of methoxy groups -OCH3 is 1. The zero-order chi connectivity index (χ0) is 20.3. The van der Waals surface area contributed by atoms with Crippen molar-refractivity contribution in [1.29, 1.82) is 0 Å². The fourth-order valence-electron chi connectivity index (χ4n) is 3.13. The smallest absolute Gasteiger partial charge is 0.341 e. The molecule has 1 aliphatic carbocycles. The molecule has 0 saturated carbocycles. The summed E-state index contributed by atoms with van der Waals surface area (Å²) in [6, 6.07) is 5.46. The van der Waals surface area contributed by atoms with Crippen LogP contribution in [-0.4, -0.2) is 30.5 Å². The minimum Gasteiger partial charge on any atom is -0.484 e. The van der Waals surface area contributed by atoms with E-state index < -0.39 is 16.8 Å². The molecule has 1 heterocycles. The molecule has 0 aliphatic heterocycles. The Labute approximate surface area is 165 Å². The van der Waals surface area contributed by atoms with Crippen LogP contribution in [0.15, 0.2) is 24.3 Å². The van der Waals surface area contributed by atoms with Crippen molar-refractivity contribution in [2.24, 2.45) is 5.92 Å². The largest absolute Gasteiger partial charge is 0.484 e. The average molecular weight is 404 g/mol. The zero-order valence-electron chi connectivity index (χ0n) is 15.5. The van der Waals surface area contributed by atoms with Crippen molar-refractivity contribution in [3.8, 4) is 5.75 Å². The minimum atomic E-state index is -0.510. The van der Waals surface area contributed by atoms with E-state index in [0.29, 0.717) is 22.2 Å². The Morgan fingerprint density at radius 2 is 2.04 bits per heavy atom. The van der Waals surface area contributed by atoms with Crippen LogP contribution in [0.2, 0.25) is 0 Å². The molecule has 0 fully saturated rings. The first kappa shape index (κ1) is 19.8. The highest BCUT2D eigenvalue weighted by Crippen LogP contribution is 2.40. The molecule has 9 heteroatoms. The normalized spacial score (nSPS) is 15.4. The quantitative estimate of drug-likeness (QED) is 0.448. The van der Waals surface area contributed by atoms with Gasteiger partial charge in [-0.25, -0.2) is 4.79 Å². The van der Waals surface area contributed by atoms with Gasteiger partial charge in [0.1, 0.15) is 10.8 Å². The second-order valence-corrected chi connectivity index (χ2v) is 7.74. The third-order valence-corrected chi connectivity index (χ3v) is 5.74. The van der Waals surface area contributed by atoms with Crippen LogP contribution >= 0.6 is 11.3 Å². The number of anilines is 1. The van der Waals surface area contributed by atoms with Gasteiger partial charge in [0.05, 0.1) is 17.6 Å². The number of nitrogens with one attached hydrogen (secondary N) is 1. The summed E-state index contributed by atoms with van der Waals surface area (Å²) in [6.45, 7) is 1.88. The number of fused-ring (bicyclic) bond motifs is 1. The second-order valence-electron chi connectivity index (χ2n) is 6.64. The number of nitro groups is 1. The number of hydrogen-bond donors (Lipinski definition) is 1. The Hall–Kier alpha value is -2.94. The molecule has 1 amide bonds. The lowest BCUT2D eigenvalue weighted by atomic mass is 9.88. The van der Waals surface area contributed by atoms with Gasteiger partial charge in [0.15, 0.2) is 6.61 Å². The van der Waals surface area contributed by atoms with Gasteiger partial charge in [-0.3, -0.25) is 14.9 Å². The summed E-state index contributed by atoms with van der Waals surface area (Å²) in [5, 5.41) is 13.9. The van der Waals surface area contributed by atoms with Crippen LogP contribution < -0.4 is 10.1 Å². The number of carbonyl (C=O) groups is 2. The van der Waals surface area contributed by atoms with Crippen LogP contribution in [0.4, 0.5) is 10.7 Å². The first-order chi connectivity index (χ1) is 13.4. The van der Waals surface area contributed by atoms with E-state index in [-0.39, 0.29) is 12.3 Å². The van der Waals surface area contributed by atoms with E-state index in [2.05, 4.69) is 12.2 Å². The maximum absolute atomic E-state index is 12.3. The molecular formula is C19H20N2O6S. The lowest BCUT2D eigenvalue weighted by molar-refractivity contribution is -0.384. The third kappa shape index (κ3) is 4.30. The molecule has 148 valence electrons. The van der Waals surface area contributed by atoms with E-state index in [1.807, 2.05) is 0 Å². The summed E-state index contributed by atoms with van der Waals surface area (Å²) in [7, 11) is 1.32. The lowest BCUT2D eigenvalue weighted by Crippen LogP contribution is -2.21. The third-order valence-electron chi connectivity index (χ3n) is 4.57. The van der Waals surface area contributed by atoms with Crippen molar-refractivity contribution in [2.75, 3.05) is 19.0 Å². The molecule has 28 heavy (non-hydrogen) atoms. The highest BCUT2D eigenvalue weighted by molar-refractivity contribution is 7.17. The van der Waals surface area contributed by atoms with Crippen molar-refractivity contribution in [2.45, 2.75) is 26.2 Å². The van der Waals surface area contributed by atoms with Gasteiger partial charge in [0.25, 0.3) is 11.6 Å². The van der Waals surface area contributed by atoms with Crippen LogP contribution in [0.3, 0.4) is 0 Å². The Morgan fingerprint density at radius 1 is 1.32 bits per heavy atom. The van der Waals surface area contributed by atoms with Crippen LogP contribution in [0, 0.1) is 16.0 Å². The molecule has 1 aromatic carbocycles. The van der Waals surface area contributed by atoms with Crippen molar-refractivity contribution in [3.05, 3.63) is 50.4 Å². The average Bonchev–Trinajstić information content (AvgIpc) is 3.02. The van der Waals surface area contributed by atoms with Gasteiger partial charge in [-0.05, 0) is 42.9 Å². The Morgan fingerprint density at radius 3 is 2.68 bits per heavy atom. The molecule has 1 aromatic heterocycles. The first-order valence-corrected chi connectivity index (χ1v) is 9.60. The fraction of sp³-hybridized carbons (Fsp3) is 0.368. The maximum atomic E-state index is 12.3. The Balaban J connectivity index is 1.69. The highest BCUT2D eigenvalue weighted by atomic mass is 32.1. The monoisotopic (exact) mass is 404 g/mol. The predicted molar refractivity (Wildman–Crippen MR) is 104 cm³/mol. The molecule has 0 spiro atoms. The molecule has 2 aromatic rings. The van der Waals surface area contributed by atoms with Gasteiger partial charge in [0, 0.05) is 17.0 Å². The molecule has 3 rings (SSSR count). The van der Waals surface area contributed by atoms with E-state index in [1.165, 1.54) is 42.7 Å². The summed E-state index contributed by atoms with van der Waals surface area (Å²) < 4.78 is 10.3. The molecular weight excluding hydrogens is 384 g/mol.